The van der Waals surface area contributed by atoms with Crippen molar-refractivity contribution in [1.29, 1.82) is 0 Å². The van der Waals surface area contributed by atoms with E-state index < -0.39 is 23.4 Å². The van der Waals surface area contributed by atoms with E-state index >= 15 is 0 Å². The van der Waals surface area contributed by atoms with Gasteiger partial charge in [-0.1, -0.05) is 26.7 Å². The predicted octanol–water partition coefficient (Wildman–Crippen LogP) is 2.91. The van der Waals surface area contributed by atoms with Crippen LogP contribution in [-0.2, 0) is 22.1 Å². The summed E-state index contributed by atoms with van der Waals surface area (Å²) in [6, 6.07) is -0.369. The van der Waals surface area contributed by atoms with Gasteiger partial charge < -0.3 is 9.64 Å². The molecule has 2 atom stereocenters. The van der Waals surface area contributed by atoms with Gasteiger partial charge in [0.25, 0.3) is 11.5 Å². The Morgan fingerprint density at radius 2 is 2.03 bits per heavy atom. The number of unbranched alkanes of at least 4 members (excludes halogenated alkanes) is 2. The van der Waals surface area contributed by atoms with Crippen molar-refractivity contribution >= 4 is 5.91 Å². The number of morpholine rings is 1. The van der Waals surface area contributed by atoms with E-state index in [2.05, 4.69) is 12.0 Å². The van der Waals surface area contributed by atoms with Gasteiger partial charge in [-0.15, -0.1) is 0 Å². The van der Waals surface area contributed by atoms with E-state index in [1.807, 2.05) is 21.8 Å². The number of hydrogen-bond donors (Lipinski definition) is 1. The Morgan fingerprint density at radius 1 is 1.26 bits per heavy atom. The minimum Gasteiger partial charge on any atom is -0.366 e. The van der Waals surface area contributed by atoms with Crippen LogP contribution in [0.1, 0.15) is 68.8 Å². The van der Waals surface area contributed by atoms with Gasteiger partial charge in [0.15, 0.2) is 0 Å². The first-order valence-electron chi connectivity index (χ1n) is 11.1. The Balaban J connectivity index is 1.75. The largest absolute Gasteiger partial charge is 0.422 e. The van der Waals surface area contributed by atoms with Gasteiger partial charge in [-0.25, -0.2) is 5.10 Å². The summed E-state index contributed by atoms with van der Waals surface area (Å²) in [6.07, 6.45) is -0.894. The van der Waals surface area contributed by atoms with Gasteiger partial charge in [0.2, 0.25) is 0 Å². The Morgan fingerprint density at radius 3 is 2.71 bits per heavy atom. The van der Waals surface area contributed by atoms with Crippen molar-refractivity contribution in [2.24, 2.45) is 0 Å². The summed E-state index contributed by atoms with van der Waals surface area (Å²) in [5.41, 5.74) is -2.12. The minimum absolute atomic E-state index is 0.0252. The van der Waals surface area contributed by atoms with Crippen molar-refractivity contribution in [3.8, 4) is 0 Å². The summed E-state index contributed by atoms with van der Waals surface area (Å²) in [4.78, 5) is 28.7. The molecule has 174 valence electrons. The molecular weight excluding hydrogens is 413 g/mol. The number of ether oxygens (including phenoxy) is 1. The molecule has 1 aromatic heterocycles. The predicted molar refractivity (Wildman–Crippen MR) is 109 cm³/mol. The zero-order valence-electron chi connectivity index (χ0n) is 18.1. The van der Waals surface area contributed by atoms with Gasteiger partial charge in [-0.2, -0.15) is 18.3 Å². The summed E-state index contributed by atoms with van der Waals surface area (Å²) in [5.74, 6) is -0.0636. The smallest absolute Gasteiger partial charge is 0.366 e. The Kier molecular flexibility index (Phi) is 7.74. The fourth-order valence-electron chi connectivity index (χ4n) is 4.56. The van der Waals surface area contributed by atoms with Crippen LogP contribution in [0.3, 0.4) is 0 Å². The molecule has 1 N–H and O–H groups in total. The van der Waals surface area contributed by atoms with Crippen molar-refractivity contribution in [3.63, 3.8) is 0 Å². The number of nitrogens with one attached hydrogen (secondary N) is 1. The number of aromatic nitrogens is 2. The average Bonchev–Trinajstić information content (AvgIpc) is 3.15. The molecular formula is C21H31F3N4O3. The first-order valence-corrected chi connectivity index (χ1v) is 11.1. The summed E-state index contributed by atoms with van der Waals surface area (Å²) in [5, 5.41) is 5.97. The van der Waals surface area contributed by atoms with Gasteiger partial charge in [0, 0.05) is 26.2 Å². The maximum absolute atomic E-state index is 13.4. The van der Waals surface area contributed by atoms with Crippen LogP contribution in [0, 0.1) is 0 Å². The molecule has 0 radical (unpaired) electrons. The van der Waals surface area contributed by atoms with Gasteiger partial charge in [0.05, 0.1) is 18.3 Å². The van der Waals surface area contributed by atoms with E-state index in [0.29, 0.717) is 39.2 Å². The van der Waals surface area contributed by atoms with Crippen LogP contribution in [0.25, 0.3) is 0 Å². The molecule has 1 saturated heterocycles. The Hall–Kier alpha value is -1.94. The summed E-state index contributed by atoms with van der Waals surface area (Å²) >= 11 is 0. The highest BCUT2D eigenvalue weighted by molar-refractivity contribution is 5.81. The lowest BCUT2D eigenvalue weighted by Crippen LogP contribution is -2.52. The van der Waals surface area contributed by atoms with E-state index in [1.165, 1.54) is 0 Å². The molecule has 1 aliphatic heterocycles. The van der Waals surface area contributed by atoms with Gasteiger partial charge in [0.1, 0.15) is 11.7 Å². The molecule has 2 unspecified atom stereocenters. The number of halogens is 3. The monoisotopic (exact) mass is 444 g/mol. The van der Waals surface area contributed by atoms with E-state index in [-0.39, 0.29) is 29.6 Å². The van der Waals surface area contributed by atoms with Crippen LogP contribution in [0.5, 0.6) is 0 Å². The third-order valence-electron chi connectivity index (χ3n) is 6.03. The molecule has 31 heavy (non-hydrogen) atoms. The summed E-state index contributed by atoms with van der Waals surface area (Å²) < 4.78 is 46.0. The number of rotatable bonds is 8. The second-order valence-corrected chi connectivity index (χ2v) is 8.23. The quantitative estimate of drug-likeness (QED) is 0.624. The summed E-state index contributed by atoms with van der Waals surface area (Å²) in [7, 11) is 0. The minimum atomic E-state index is -4.72. The first-order chi connectivity index (χ1) is 14.8. The fourth-order valence-corrected chi connectivity index (χ4v) is 4.56. The molecule has 1 aliphatic carbocycles. The molecule has 3 rings (SSSR count). The lowest BCUT2D eigenvalue weighted by molar-refractivity contribution is -0.151. The molecule has 10 heteroatoms. The molecule has 2 heterocycles. The first kappa shape index (κ1) is 23.7. The van der Waals surface area contributed by atoms with Gasteiger partial charge >= 0.3 is 6.18 Å². The normalized spacial score (nSPS) is 21.8. The van der Waals surface area contributed by atoms with E-state index in [4.69, 9.17) is 4.74 Å². The molecule has 0 saturated carbocycles. The molecule has 1 aromatic rings. The van der Waals surface area contributed by atoms with Crippen molar-refractivity contribution in [2.75, 3.05) is 32.8 Å². The van der Waals surface area contributed by atoms with Crippen LogP contribution in [0.4, 0.5) is 13.2 Å². The zero-order chi connectivity index (χ0) is 22.6. The van der Waals surface area contributed by atoms with Crippen molar-refractivity contribution in [2.45, 2.75) is 70.7 Å². The highest BCUT2D eigenvalue weighted by Gasteiger charge is 2.43. The van der Waals surface area contributed by atoms with Crippen molar-refractivity contribution in [3.05, 3.63) is 27.2 Å². The second-order valence-electron chi connectivity index (χ2n) is 8.23. The van der Waals surface area contributed by atoms with E-state index in [1.54, 1.807) is 0 Å². The molecule has 7 nitrogen and oxygen atoms in total. The van der Waals surface area contributed by atoms with Crippen LogP contribution in [0.15, 0.2) is 4.79 Å². The fraction of sp³-hybridized carbons (Fsp3) is 0.762. The van der Waals surface area contributed by atoms with Crippen molar-refractivity contribution in [1.82, 2.24) is 20.0 Å². The third kappa shape index (κ3) is 5.28. The van der Waals surface area contributed by atoms with Crippen LogP contribution in [0.2, 0.25) is 0 Å². The number of H-pyrrole nitrogens is 1. The van der Waals surface area contributed by atoms with Gasteiger partial charge in [-0.3, -0.25) is 14.5 Å². The molecule has 0 bridgehead atoms. The zero-order valence-corrected chi connectivity index (χ0v) is 18.1. The van der Waals surface area contributed by atoms with Gasteiger partial charge in [-0.05, 0) is 31.2 Å². The number of hydrogen-bond acceptors (Lipinski definition) is 5. The number of alkyl halides is 3. The van der Waals surface area contributed by atoms with Crippen LogP contribution >= 0.6 is 0 Å². The van der Waals surface area contributed by atoms with Crippen molar-refractivity contribution < 1.29 is 22.7 Å². The van der Waals surface area contributed by atoms with Crippen LogP contribution < -0.4 is 5.56 Å². The molecule has 0 spiro atoms. The molecule has 1 fully saturated rings. The number of aromatic amines is 1. The standard InChI is InChI=1S/C21H31F3N4O3/c1-3-5-6-10-27(9-4-2)20(30)16-13-28(11-12-31-16)15-8-7-14-17(21(22,23)24)19(29)26-25-18(14)15/h15-16H,3-13H2,1-2H3,(H,26,29). The maximum Gasteiger partial charge on any atom is 0.422 e. The summed E-state index contributed by atoms with van der Waals surface area (Å²) in [6.45, 7) is 6.61. The lowest BCUT2D eigenvalue weighted by Gasteiger charge is -2.38. The number of carbonyl (C=O) groups is 1. The van der Waals surface area contributed by atoms with Crippen LogP contribution in [-0.4, -0.2) is 64.8 Å². The number of nitrogens with zero attached hydrogens (tertiary/aromatic N) is 3. The SMILES string of the molecule is CCCCCN(CCC)C(=O)C1CN(C2CCc3c2n[nH]c(=O)c3C(F)(F)F)CCO1. The average molecular weight is 444 g/mol. The third-order valence-corrected chi connectivity index (χ3v) is 6.03. The second kappa shape index (κ2) is 10.1. The lowest BCUT2D eigenvalue weighted by atomic mass is 10.1. The highest BCUT2D eigenvalue weighted by Crippen LogP contribution is 2.40. The number of amides is 1. The number of carbonyl (C=O) groups excluding carboxylic acids is 1. The topological polar surface area (TPSA) is 78.5 Å². The van der Waals surface area contributed by atoms with E-state index in [9.17, 15) is 22.8 Å². The maximum atomic E-state index is 13.4. The molecule has 1 amide bonds. The Labute approximate surface area is 179 Å². The highest BCUT2D eigenvalue weighted by atomic mass is 19.4. The van der Waals surface area contributed by atoms with E-state index in [0.717, 1.165) is 25.7 Å². The molecule has 0 aromatic carbocycles. The Bertz CT molecular complexity index is 827. The number of fused-ring (bicyclic) bond motifs is 1. The molecule has 2 aliphatic rings.